The lowest BCUT2D eigenvalue weighted by Gasteiger charge is -2.10. The summed E-state index contributed by atoms with van der Waals surface area (Å²) in [6.45, 7) is 1.38. The maximum Gasteiger partial charge on any atom is 0.240 e. The van der Waals surface area contributed by atoms with Crippen molar-refractivity contribution >= 4 is 56.4 Å². The van der Waals surface area contributed by atoms with Crippen LogP contribution in [-0.2, 0) is 21.4 Å². The summed E-state index contributed by atoms with van der Waals surface area (Å²) < 4.78 is 27.1. The fraction of sp³-hybridized carbons (Fsp3) is 0.133. The molecule has 0 saturated carbocycles. The van der Waals surface area contributed by atoms with Crippen molar-refractivity contribution in [3.05, 3.63) is 57.0 Å². The van der Waals surface area contributed by atoms with Gasteiger partial charge >= 0.3 is 0 Å². The molecule has 0 atom stereocenters. The van der Waals surface area contributed by atoms with Crippen molar-refractivity contribution in [3.8, 4) is 0 Å². The summed E-state index contributed by atoms with van der Waals surface area (Å²) in [6, 6.07) is 8.89. The van der Waals surface area contributed by atoms with Crippen LogP contribution in [0.1, 0.15) is 12.5 Å². The predicted molar refractivity (Wildman–Crippen MR) is 96.2 cm³/mol. The van der Waals surface area contributed by atoms with Gasteiger partial charge in [0.05, 0.1) is 25.7 Å². The van der Waals surface area contributed by atoms with Crippen LogP contribution in [0, 0.1) is 0 Å². The van der Waals surface area contributed by atoms with Gasteiger partial charge in [-0.05, 0) is 35.9 Å². The molecule has 0 spiro atoms. The minimum absolute atomic E-state index is 0.0123. The Bertz CT molecular complexity index is 886. The summed E-state index contributed by atoms with van der Waals surface area (Å²) in [5, 5.41) is 3.37. The number of anilines is 1. The molecule has 0 aliphatic heterocycles. The number of hydrogen-bond acceptors (Lipinski definition) is 3. The number of carbonyl (C=O) groups is 1. The first kappa shape index (κ1) is 19.0. The van der Waals surface area contributed by atoms with Crippen molar-refractivity contribution in [3.63, 3.8) is 0 Å². The van der Waals surface area contributed by atoms with Crippen molar-refractivity contribution in [2.45, 2.75) is 18.4 Å². The number of amides is 1. The Kier molecular flexibility index (Phi) is 6.11. The number of carbonyl (C=O) groups excluding carboxylic acids is 1. The van der Waals surface area contributed by atoms with E-state index in [1.165, 1.54) is 25.1 Å². The lowest BCUT2D eigenvalue weighted by Crippen LogP contribution is -2.23. The summed E-state index contributed by atoms with van der Waals surface area (Å²) in [6.07, 6.45) is 0. The zero-order chi connectivity index (χ0) is 17.9. The van der Waals surface area contributed by atoms with Crippen LogP contribution in [0.2, 0.25) is 15.1 Å². The van der Waals surface area contributed by atoms with Crippen LogP contribution >= 0.6 is 34.8 Å². The molecule has 24 heavy (non-hydrogen) atoms. The molecular weight excluding hydrogens is 395 g/mol. The highest BCUT2D eigenvalue weighted by Crippen LogP contribution is 2.26. The second-order valence-corrected chi connectivity index (χ2v) is 7.88. The lowest BCUT2D eigenvalue weighted by atomic mass is 10.2. The van der Waals surface area contributed by atoms with Crippen molar-refractivity contribution < 1.29 is 13.2 Å². The van der Waals surface area contributed by atoms with Gasteiger partial charge in [0.2, 0.25) is 15.9 Å². The Morgan fingerprint density at radius 3 is 2.29 bits per heavy atom. The molecule has 2 aromatic rings. The minimum atomic E-state index is -3.77. The van der Waals surface area contributed by atoms with E-state index in [0.717, 1.165) is 0 Å². The van der Waals surface area contributed by atoms with E-state index in [0.29, 0.717) is 21.3 Å². The van der Waals surface area contributed by atoms with E-state index in [1.807, 2.05) is 0 Å². The van der Waals surface area contributed by atoms with Crippen LogP contribution < -0.4 is 10.0 Å². The monoisotopic (exact) mass is 406 g/mol. The van der Waals surface area contributed by atoms with Gasteiger partial charge in [0.25, 0.3) is 0 Å². The molecule has 1 amide bonds. The molecule has 0 radical (unpaired) electrons. The zero-order valence-electron chi connectivity index (χ0n) is 12.4. The van der Waals surface area contributed by atoms with Gasteiger partial charge in [-0.2, -0.15) is 0 Å². The van der Waals surface area contributed by atoms with Gasteiger partial charge in [-0.15, -0.1) is 0 Å². The molecule has 0 fully saturated rings. The smallest absolute Gasteiger partial charge is 0.240 e. The van der Waals surface area contributed by atoms with E-state index in [9.17, 15) is 13.2 Å². The Balaban J connectivity index is 2.16. The number of rotatable bonds is 5. The van der Waals surface area contributed by atoms with Crippen LogP contribution in [-0.4, -0.2) is 14.3 Å². The van der Waals surface area contributed by atoms with Gasteiger partial charge in [0.1, 0.15) is 0 Å². The standard InChI is InChI=1S/C15H13Cl3N2O3S/c1-9(21)20-15-5-3-11(7-14(15)18)24(22,23)19-8-10-2-4-12(16)13(17)6-10/h2-7,19H,8H2,1H3,(H,20,21). The topological polar surface area (TPSA) is 75.3 Å². The summed E-state index contributed by atoms with van der Waals surface area (Å²) in [7, 11) is -3.77. The quantitative estimate of drug-likeness (QED) is 0.784. The largest absolute Gasteiger partial charge is 0.325 e. The fourth-order valence-corrected chi connectivity index (χ4v) is 3.52. The maximum absolute atomic E-state index is 12.3. The summed E-state index contributed by atoms with van der Waals surface area (Å²) in [5.41, 5.74) is 1.00. The van der Waals surface area contributed by atoms with Crippen LogP contribution in [0.3, 0.4) is 0 Å². The van der Waals surface area contributed by atoms with E-state index in [1.54, 1.807) is 18.2 Å². The molecule has 0 saturated heterocycles. The van der Waals surface area contributed by atoms with Gasteiger partial charge in [0, 0.05) is 13.5 Å². The Labute approximate surface area is 155 Å². The summed E-state index contributed by atoms with van der Waals surface area (Å²) in [4.78, 5) is 11.0. The zero-order valence-corrected chi connectivity index (χ0v) is 15.5. The Morgan fingerprint density at radius 2 is 1.71 bits per heavy atom. The van der Waals surface area contributed by atoms with Crippen molar-refractivity contribution in [1.82, 2.24) is 4.72 Å². The number of sulfonamides is 1. The van der Waals surface area contributed by atoms with E-state index in [2.05, 4.69) is 10.0 Å². The van der Waals surface area contributed by atoms with Crippen LogP contribution in [0.5, 0.6) is 0 Å². The third-order valence-corrected chi connectivity index (χ3v) is 5.46. The van der Waals surface area contributed by atoms with Crippen LogP contribution in [0.15, 0.2) is 41.3 Å². The molecule has 0 aliphatic rings. The van der Waals surface area contributed by atoms with Crippen molar-refractivity contribution in [1.29, 1.82) is 0 Å². The molecule has 0 aliphatic carbocycles. The molecule has 9 heteroatoms. The lowest BCUT2D eigenvalue weighted by molar-refractivity contribution is -0.114. The van der Waals surface area contributed by atoms with Gasteiger partial charge in [-0.1, -0.05) is 40.9 Å². The molecule has 5 nitrogen and oxygen atoms in total. The highest BCUT2D eigenvalue weighted by atomic mass is 35.5. The van der Waals surface area contributed by atoms with E-state index >= 15 is 0 Å². The summed E-state index contributed by atoms with van der Waals surface area (Å²) >= 11 is 17.7. The number of hydrogen-bond donors (Lipinski definition) is 2. The highest BCUT2D eigenvalue weighted by molar-refractivity contribution is 7.89. The Morgan fingerprint density at radius 1 is 1.00 bits per heavy atom. The average molecular weight is 408 g/mol. The molecule has 0 unspecified atom stereocenters. The van der Waals surface area contributed by atoms with E-state index in [-0.39, 0.29) is 22.4 Å². The average Bonchev–Trinajstić information content (AvgIpc) is 2.50. The minimum Gasteiger partial charge on any atom is -0.325 e. The van der Waals surface area contributed by atoms with Gasteiger partial charge < -0.3 is 5.32 Å². The SMILES string of the molecule is CC(=O)Nc1ccc(S(=O)(=O)NCc2ccc(Cl)c(Cl)c2)cc1Cl. The van der Waals surface area contributed by atoms with Crippen molar-refractivity contribution in [2.75, 3.05) is 5.32 Å². The third-order valence-electron chi connectivity index (χ3n) is 3.01. The number of benzene rings is 2. The molecular formula is C15H13Cl3N2O3S. The van der Waals surface area contributed by atoms with Crippen molar-refractivity contribution in [2.24, 2.45) is 0 Å². The molecule has 128 valence electrons. The third kappa shape index (κ3) is 4.84. The van der Waals surface area contributed by atoms with Crippen LogP contribution in [0.4, 0.5) is 5.69 Å². The Hall–Kier alpha value is -1.31. The number of nitrogens with one attached hydrogen (secondary N) is 2. The number of halogens is 3. The first-order chi connectivity index (χ1) is 11.2. The molecule has 2 aromatic carbocycles. The normalized spacial score (nSPS) is 11.3. The molecule has 0 bridgehead atoms. The maximum atomic E-state index is 12.3. The first-order valence-electron chi connectivity index (χ1n) is 6.70. The molecule has 2 N–H and O–H groups in total. The van der Waals surface area contributed by atoms with E-state index in [4.69, 9.17) is 34.8 Å². The molecule has 0 heterocycles. The van der Waals surface area contributed by atoms with E-state index < -0.39 is 10.0 Å². The van der Waals surface area contributed by atoms with Gasteiger partial charge in [0.15, 0.2) is 0 Å². The van der Waals surface area contributed by atoms with Crippen LogP contribution in [0.25, 0.3) is 0 Å². The van der Waals surface area contributed by atoms with Gasteiger partial charge in [-0.25, -0.2) is 13.1 Å². The molecule has 2 rings (SSSR count). The second-order valence-electron chi connectivity index (χ2n) is 4.90. The predicted octanol–water partition coefficient (Wildman–Crippen LogP) is 4.08. The first-order valence-corrected chi connectivity index (χ1v) is 9.31. The fourth-order valence-electron chi connectivity index (χ4n) is 1.87. The summed E-state index contributed by atoms with van der Waals surface area (Å²) in [5.74, 6) is -0.301. The van der Waals surface area contributed by atoms with Gasteiger partial charge in [-0.3, -0.25) is 4.79 Å². The highest BCUT2D eigenvalue weighted by Gasteiger charge is 2.16. The second kappa shape index (κ2) is 7.72. The molecule has 0 aromatic heterocycles.